The number of halogens is 1. The molecule has 0 N–H and O–H groups in total. The van der Waals surface area contributed by atoms with E-state index >= 15 is 0 Å². The van der Waals surface area contributed by atoms with E-state index in [9.17, 15) is 24.0 Å². The van der Waals surface area contributed by atoms with Crippen LogP contribution in [-0.4, -0.2) is 96.1 Å². The van der Waals surface area contributed by atoms with E-state index in [1.165, 1.54) is 57.8 Å². The van der Waals surface area contributed by atoms with Crippen LogP contribution in [0.2, 0.25) is 0 Å². The first-order chi connectivity index (χ1) is 31.4. The summed E-state index contributed by atoms with van der Waals surface area (Å²) in [5.41, 5.74) is 4.17. The highest BCUT2D eigenvalue weighted by Gasteiger charge is 2.38. The maximum Gasteiger partial charge on any atom is 0.306 e. The van der Waals surface area contributed by atoms with E-state index in [0.29, 0.717) is 45.3 Å². The molecule has 65 heavy (non-hydrogen) atoms. The van der Waals surface area contributed by atoms with Crippen LogP contribution in [0.25, 0.3) is 16.5 Å². The molecule has 1 aliphatic heterocycles. The number of likely N-dealkylation sites (N-methyl/N-ethyl adjacent to an activating group) is 1. The van der Waals surface area contributed by atoms with Gasteiger partial charge in [0.05, 0.1) is 22.6 Å². The SMILES string of the molecule is CCCCCCCC/C=C\CCCCCCCC(=O)OCC(CC)OC(=O)CC(C)CC(=O)OCCCCC(=O)n1c(Br)c2c3c(cccc31)C1=CC(C(=O)N(CC)CC)CN(C)C1C2. The quantitative estimate of drug-likeness (QED) is 0.0314. The molecule has 362 valence electrons. The number of rotatable bonds is 31. The molecule has 11 nitrogen and oxygen atoms in total. The van der Waals surface area contributed by atoms with Crippen LogP contribution in [0.15, 0.2) is 41.0 Å². The van der Waals surface area contributed by atoms with Crippen LogP contribution < -0.4 is 0 Å². The number of hydrogen-bond donors (Lipinski definition) is 0. The Morgan fingerprint density at radius 1 is 0.800 bits per heavy atom. The zero-order chi connectivity index (χ0) is 47.1. The van der Waals surface area contributed by atoms with Crippen molar-refractivity contribution in [2.24, 2.45) is 11.8 Å². The third-order valence-corrected chi connectivity index (χ3v) is 13.9. The maximum atomic E-state index is 13.7. The van der Waals surface area contributed by atoms with E-state index in [1.807, 2.05) is 37.8 Å². The average molecular weight is 967 g/mol. The minimum absolute atomic E-state index is 0.0299. The van der Waals surface area contributed by atoms with Crippen molar-refractivity contribution in [3.8, 4) is 0 Å². The van der Waals surface area contributed by atoms with Crippen LogP contribution >= 0.6 is 15.9 Å². The number of fused-ring (bicyclic) bond motifs is 2. The smallest absolute Gasteiger partial charge is 0.306 e. The van der Waals surface area contributed by atoms with Crippen LogP contribution in [0.5, 0.6) is 0 Å². The molecular formula is C53H80BrN3O8. The summed E-state index contributed by atoms with van der Waals surface area (Å²) in [6.07, 6.45) is 25.0. The van der Waals surface area contributed by atoms with Gasteiger partial charge < -0.3 is 19.1 Å². The molecule has 2 aliphatic rings. The van der Waals surface area contributed by atoms with E-state index in [-0.39, 0.29) is 68.1 Å². The van der Waals surface area contributed by atoms with Crippen molar-refractivity contribution in [3.05, 3.63) is 52.2 Å². The lowest BCUT2D eigenvalue weighted by Gasteiger charge is -2.40. The molecule has 2 heterocycles. The molecule has 0 spiro atoms. The second-order valence-electron chi connectivity index (χ2n) is 18.3. The highest BCUT2D eigenvalue weighted by molar-refractivity contribution is 9.10. The maximum absolute atomic E-state index is 13.7. The molecule has 0 saturated carbocycles. The summed E-state index contributed by atoms with van der Waals surface area (Å²) in [6, 6.07) is 6.18. The molecule has 0 radical (unpaired) electrons. The first kappa shape index (κ1) is 53.8. The van der Waals surface area contributed by atoms with Crippen LogP contribution in [0.4, 0.5) is 0 Å². The third-order valence-electron chi connectivity index (χ3n) is 13.0. The zero-order valence-corrected chi connectivity index (χ0v) is 42.2. The molecule has 0 bridgehead atoms. The van der Waals surface area contributed by atoms with Gasteiger partial charge in [-0.15, -0.1) is 0 Å². The van der Waals surface area contributed by atoms with E-state index in [4.69, 9.17) is 14.2 Å². The van der Waals surface area contributed by atoms with Crippen molar-refractivity contribution in [1.82, 2.24) is 14.4 Å². The number of ether oxygens (including phenoxy) is 3. The van der Waals surface area contributed by atoms with Crippen molar-refractivity contribution in [2.45, 2.75) is 182 Å². The Morgan fingerprint density at radius 3 is 2.12 bits per heavy atom. The predicted octanol–water partition coefficient (Wildman–Crippen LogP) is 11.8. The van der Waals surface area contributed by atoms with Crippen LogP contribution in [0, 0.1) is 11.8 Å². The lowest BCUT2D eigenvalue weighted by molar-refractivity contribution is -0.160. The van der Waals surface area contributed by atoms with Crippen molar-refractivity contribution >= 4 is 62.1 Å². The van der Waals surface area contributed by atoms with Gasteiger partial charge in [0.15, 0.2) is 0 Å². The topological polar surface area (TPSA) is 124 Å². The predicted molar refractivity (Wildman–Crippen MR) is 264 cm³/mol. The molecule has 2 aromatic rings. The van der Waals surface area contributed by atoms with Gasteiger partial charge in [-0.1, -0.05) is 102 Å². The monoisotopic (exact) mass is 966 g/mol. The fourth-order valence-electron chi connectivity index (χ4n) is 9.20. The molecule has 0 fully saturated rings. The van der Waals surface area contributed by atoms with Gasteiger partial charge in [0.2, 0.25) is 11.8 Å². The lowest BCUT2D eigenvalue weighted by Crippen LogP contribution is -2.47. The summed E-state index contributed by atoms with van der Waals surface area (Å²) < 4.78 is 19.0. The minimum Gasteiger partial charge on any atom is -0.466 e. The van der Waals surface area contributed by atoms with Gasteiger partial charge in [0, 0.05) is 56.7 Å². The van der Waals surface area contributed by atoms with Crippen molar-refractivity contribution in [1.29, 1.82) is 0 Å². The van der Waals surface area contributed by atoms with Gasteiger partial charge in [-0.05, 0) is 123 Å². The number of amides is 1. The Bertz CT molecular complexity index is 1900. The summed E-state index contributed by atoms with van der Waals surface area (Å²) in [5.74, 6) is -1.49. The molecule has 4 unspecified atom stereocenters. The van der Waals surface area contributed by atoms with Gasteiger partial charge >= 0.3 is 17.9 Å². The third kappa shape index (κ3) is 16.8. The van der Waals surface area contributed by atoms with E-state index < -0.39 is 18.0 Å². The molecule has 1 amide bonds. The minimum atomic E-state index is -0.529. The highest BCUT2D eigenvalue weighted by atomic mass is 79.9. The number of carbonyl (C=O) groups is 5. The second kappa shape index (κ2) is 29.1. The number of nitrogens with zero attached hydrogens (tertiary/aromatic N) is 3. The summed E-state index contributed by atoms with van der Waals surface area (Å²) in [7, 11) is 2.08. The summed E-state index contributed by atoms with van der Waals surface area (Å²) in [5, 5.41) is 1.06. The lowest BCUT2D eigenvalue weighted by atomic mass is 9.79. The van der Waals surface area contributed by atoms with E-state index in [1.54, 1.807) is 11.5 Å². The van der Waals surface area contributed by atoms with Crippen LogP contribution in [0.1, 0.15) is 179 Å². The number of unbranched alkanes of at least 4 members (excludes halogenated alkanes) is 12. The largest absolute Gasteiger partial charge is 0.466 e. The fraction of sp³-hybridized carbons (Fsp3) is 0.679. The molecule has 1 aliphatic carbocycles. The molecule has 4 rings (SSSR count). The van der Waals surface area contributed by atoms with Crippen molar-refractivity contribution in [3.63, 3.8) is 0 Å². The van der Waals surface area contributed by atoms with Gasteiger partial charge in [-0.2, -0.15) is 0 Å². The number of esters is 3. The molecule has 1 aromatic heterocycles. The Balaban J connectivity index is 1.09. The Kier molecular flexibility index (Phi) is 24.1. The molecule has 1 aromatic carbocycles. The van der Waals surface area contributed by atoms with Gasteiger partial charge in [-0.3, -0.25) is 33.4 Å². The molecular weight excluding hydrogens is 886 g/mol. The molecule has 4 atom stereocenters. The van der Waals surface area contributed by atoms with Crippen LogP contribution in [-0.2, 0) is 39.8 Å². The number of aromatic nitrogens is 1. The first-order valence-electron chi connectivity index (χ1n) is 25.1. The highest BCUT2D eigenvalue weighted by Crippen LogP contribution is 2.45. The summed E-state index contributed by atoms with van der Waals surface area (Å²) >= 11 is 3.79. The first-order valence-corrected chi connectivity index (χ1v) is 25.9. The standard InChI is InChI=1S/C53H80BrN3O8/c1-7-11-12-13-14-15-16-17-18-19-20-21-22-23-24-31-48(59)64-38-41(8-2)65-50(61)34-39(5)33-49(60)63-32-26-25-30-47(58)57-45-29-27-28-42-43-35-40(53(62)56(9-3)10-4)37-55(6)46(43)36-44(51(42)45)52(57)54/h17-18,27-29,35,39-41,46H,7-16,19-26,30-34,36-38H2,1-6H3/b18-17-. The average Bonchev–Trinajstić information content (AvgIpc) is 3.57. The van der Waals surface area contributed by atoms with Crippen molar-refractivity contribution < 1.29 is 38.2 Å². The zero-order valence-electron chi connectivity index (χ0n) is 40.6. The van der Waals surface area contributed by atoms with Gasteiger partial charge in [-0.25, -0.2) is 0 Å². The number of allylic oxidation sites excluding steroid dienone is 2. The molecule has 12 heteroatoms. The summed E-state index contributed by atoms with van der Waals surface area (Å²) in [6.45, 7) is 12.2. The number of benzene rings is 1. The number of carbonyl (C=O) groups excluding carboxylic acids is 5. The Morgan fingerprint density at radius 2 is 1.45 bits per heavy atom. The van der Waals surface area contributed by atoms with E-state index in [2.05, 4.69) is 59.1 Å². The Hall–Kier alpha value is -3.77. The van der Waals surface area contributed by atoms with E-state index in [0.717, 1.165) is 64.3 Å². The Labute approximate surface area is 398 Å². The van der Waals surface area contributed by atoms with Crippen LogP contribution in [0.3, 0.4) is 0 Å². The summed E-state index contributed by atoms with van der Waals surface area (Å²) in [4.78, 5) is 69.0. The fourth-order valence-corrected chi connectivity index (χ4v) is 9.95. The van der Waals surface area contributed by atoms with Gasteiger partial charge in [0.25, 0.3) is 0 Å². The van der Waals surface area contributed by atoms with Crippen molar-refractivity contribution in [2.75, 3.05) is 39.9 Å². The second-order valence-corrected chi connectivity index (χ2v) is 19.1. The normalized spacial score (nSPS) is 16.8. The number of hydrogen-bond acceptors (Lipinski definition) is 9. The molecule has 0 saturated heterocycles. The van der Waals surface area contributed by atoms with Gasteiger partial charge in [0.1, 0.15) is 12.7 Å².